The largest absolute Gasteiger partial charge is 0.395 e. The summed E-state index contributed by atoms with van der Waals surface area (Å²) in [5.41, 5.74) is 1.19. The molecule has 0 saturated carbocycles. The van der Waals surface area contributed by atoms with Crippen LogP contribution < -0.4 is 10.6 Å². The monoisotopic (exact) mass is 397 g/mol. The van der Waals surface area contributed by atoms with E-state index in [-0.39, 0.29) is 24.5 Å². The molecule has 1 aliphatic heterocycles. The van der Waals surface area contributed by atoms with E-state index in [1.807, 2.05) is 0 Å². The summed E-state index contributed by atoms with van der Waals surface area (Å²) >= 11 is 0. The van der Waals surface area contributed by atoms with Gasteiger partial charge in [0.15, 0.2) is 0 Å². The number of aromatic nitrogens is 3. The molecule has 0 unspecified atom stereocenters. The van der Waals surface area contributed by atoms with Crippen molar-refractivity contribution in [3.8, 4) is 11.4 Å². The lowest BCUT2D eigenvalue weighted by Crippen LogP contribution is -2.38. The summed E-state index contributed by atoms with van der Waals surface area (Å²) in [7, 11) is 0. The number of rotatable bonds is 4. The summed E-state index contributed by atoms with van der Waals surface area (Å²) < 4.78 is 66.9. The van der Waals surface area contributed by atoms with Crippen LogP contribution >= 0.6 is 0 Å². The predicted molar refractivity (Wildman–Crippen MR) is 93.2 cm³/mol. The van der Waals surface area contributed by atoms with Crippen molar-refractivity contribution in [3.05, 3.63) is 48.3 Å². The average Bonchev–Trinajstić information content (AvgIpc) is 3.27. The molecule has 0 spiro atoms. The summed E-state index contributed by atoms with van der Waals surface area (Å²) in [6.45, 7) is 0.0218. The Morgan fingerprint density at radius 3 is 2.71 bits per heavy atom. The zero-order valence-electron chi connectivity index (χ0n) is 14.4. The number of halogens is 5. The van der Waals surface area contributed by atoms with Crippen LogP contribution in [0.15, 0.2) is 42.7 Å². The Balaban J connectivity index is 1.64. The molecule has 3 aromatic heterocycles. The zero-order chi connectivity index (χ0) is 19.9. The van der Waals surface area contributed by atoms with Gasteiger partial charge in [-0.2, -0.15) is 13.2 Å². The minimum atomic E-state index is -4.31. The predicted octanol–water partition coefficient (Wildman–Crippen LogP) is 3.90. The molecule has 3 aromatic rings. The summed E-state index contributed by atoms with van der Waals surface area (Å²) in [5.74, 6) is -1.23. The maximum absolute atomic E-state index is 13.1. The minimum absolute atomic E-state index is 0.148. The molecule has 2 N–H and O–H groups in total. The number of anilines is 1. The van der Waals surface area contributed by atoms with Gasteiger partial charge in [-0.15, -0.1) is 0 Å². The quantitative estimate of drug-likeness (QED) is 0.656. The smallest absolute Gasteiger partial charge is 0.365 e. The minimum Gasteiger partial charge on any atom is -0.365 e. The van der Waals surface area contributed by atoms with E-state index < -0.39 is 24.6 Å². The first-order valence-corrected chi connectivity index (χ1v) is 8.59. The third-order valence-electron chi connectivity index (χ3n) is 4.76. The van der Waals surface area contributed by atoms with Gasteiger partial charge in [0, 0.05) is 24.8 Å². The molecule has 1 saturated heterocycles. The molecule has 1 fully saturated rings. The number of imidazole rings is 1. The number of alkyl halides is 5. The highest BCUT2D eigenvalue weighted by Gasteiger charge is 2.47. The number of nitrogens with one attached hydrogen (secondary N) is 2. The summed E-state index contributed by atoms with van der Waals surface area (Å²) in [5, 5.41) is 5.57. The number of pyridine rings is 2. The normalized spacial score (nSPS) is 20.2. The molecule has 0 bridgehead atoms. The van der Waals surface area contributed by atoms with Gasteiger partial charge in [0.25, 0.3) is 6.43 Å². The van der Waals surface area contributed by atoms with Crippen LogP contribution in [-0.4, -0.2) is 39.7 Å². The van der Waals surface area contributed by atoms with Crippen molar-refractivity contribution < 1.29 is 22.0 Å². The lowest BCUT2D eigenvalue weighted by atomic mass is 10.0. The van der Waals surface area contributed by atoms with E-state index in [2.05, 4.69) is 20.6 Å². The van der Waals surface area contributed by atoms with Crippen molar-refractivity contribution in [1.82, 2.24) is 19.7 Å². The second kappa shape index (κ2) is 7.01. The fourth-order valence-corrected chi connectivity index (χ4v) is 3.34. The molecular formula is C18H16F5N5. The number of hydrogen-bond acceptors (Lipinski definition) is 4. The maximum Gasteiger partial charge on any atom is 0.395 e. The van der Waals surface area contributed by atoms with Gasteiger partial charge in [0.05, 0.1) is 29.5 Å². The molecule has 4 rings (SSSR count). The number of nitrogens with zero attached hydrogens (tertiary/aromatic N) is 3. The Bertz CT molecular complexity index is 984. The van der Waals surface area contributed by atoms with Crippen LogP contribution in [0.2, 0.25) is 0 Å². The van der Waals surface area contributed by atoms with Gasteiger partial charge in [-0.1, -0.05) is 6.07 Å². The first kappa shape index (κ1) is 18.6. The average molecular weight is 397 g/mol. The van der Waals surface area contributed by atoms with Gasteiger partial charge < -0.3 is 10.6 Å². The third-order valence-corrected chi connectivity index (χ3v) is 4.76. The van der Waals surface area contributed by atoms with Crippen molar-refractivity contribution in [1.29, 1.82) is 0 Å². The van der Waals surface area contributed by atoms with E-state index in [0.717, 1.165) is 0 Å². The van der Waals surface area contributed by atoms with E-state index in [4.69, 9.17) is 0 Å². The van der Waals surface area contributed by atoms with Crippen LogP contribution in [0.25, 0.3) is 17.0 Å². The zero-order valence-corrected chi connectivity index (χ0v) is 14.4. The van der Waals surface area contributed by atoms with Gasteiger partial charge in [0.2, 0.25) is 0 Å². The summed E-state index contributed by atoms with van der Waals surface area (Å²) in [6, 6.07) is 6.81. The van der Waals surface area contributed by atoms with Gasteiger partial charge in [-0.3, -0.25) is 4.40 Å². The lowest BCUT2D eigenvalue weighted by molar-refractivity contribution is -0.170. The fraction of sp³-hybridized carbons (Fsp3) is 0.333. The van der Waals surface area contributed by atoms with E-state index in [1.54, 1.807) is 18.2 Å². The van der Waals surface area contributed by atoms with Gasteiger partial charge in [-0.25, -0.2) is 18.7 Å². The molecule has 5 nitrogen and oxygen atoms in total. The van der Waals surface area contributed by atoms with Crippen LogP contribution in [0, 0.1) is 5.92 Å². The second-order valence-corrected chi connectivity index (χ2v) is 6.60. The van der Waals surface area contributed by atoms with Crippen LogP contribution in [0.1, 0.15) is 12.0 Å². The van der Waals surface area contributed by atoms with E-state index in [0.29, 0.717) is 17.0 Å². The highest BCUT2D eigenvalue weighted by atomic mass is 19.4. The second-order valence-electron chi connectivity index (χ2n) is 6.60. The lowest BCUT2D eigenvalue weighted by Gasteiger charge is -2.22. The SMILES string of the molecule is FC(F)c1ccc2ncc(-c3cccc(N[C@H]4CNC[C@@H]4C(F)(F)F)n3)n2c1. The third kappa shape index (κ3) is 3.51. The molecule has 0 amide bonds. The van der Waals surface area contributed by atoms with Gasteiger partial charge in [-0.05, 0) is 24.3 Å². The van der Waals surface area contributed by atoms with E-state index in [9.17, 15) is 22.0 Å². The first-order chi connectivity index (χ1) is 13.3. The van der Waals surface area contributed by atoms with Crippen molar-refractivity contribution >= 4 is 11.5 Å². The number of fused-ring (bicyclic) bond motifs is 1. The Kier molecular flexibility index (Phi) is 4.66. The standard InChI is InChI=1S/C18H16F5N5/c19-17(20)10-4-5-16-25-8-14(28(16)9-10)12-2-1-3-15(26-12)27-13-7-24-6-11(13)18(21,22)23/h1-5,8-9,11,13,17,24H,6-7H2,(H,26,27)/t11-,13-/m0/s1. The van der Waals surface area contributed by atoms with Gasteiger partial charge in [0.1, 0.15) is 11.5 Å². The molecule has 0 radical (unpaired) electrons. The molecule has 0 aliphatic carbocycles. The van der Waals surface area contributed by atoms with Crippen LogP contribution in [0.5, 0.6) is 0 Å². The van der Waals surface area contributed by atoms with Crippen LogP contribution in [0.3, 0.4) is 0 Å². The van der Waals surface area contributed by atoms with Gasteiger partial charge >= 0.3 is 6.18 Å². The number of hydrogen-bond donors (Lipinski definition) is 2. The fourth-order valence-electron chi connectivity index (χ4n) is 3.34. The van der Waals surface area contributed by atoms with Crippen LogP contribution in [-0.2, 0) is 0 Å². The first-order valence-electron chi connectivity index (χ1n) is 8.59. The molecule has 1 aliphatic rings. The van der Waals surface area contributed by atoms with Crippen molar-refractivity contribution in [3.63, 3.8) is 0 Å². The Morgan fingerprint density at radius 2 is 1.96 bits per heavy atom. The highest BCUT2D eigenvalue weighted by Crippen LogP contribution is 2.32. The Morgan fingerprint density at radius 1 is 1.14 bits per heavy atom. The molecule has 28 heavy (non-hydrogen) atoms. The summed E-state index contributed by atoms with van der Waals surface area (Å²) in [4.78, 5) is 8.54. The molecule has 10 heteroatoms. The van der Waals surface area contributed by atoms with Crippen LogP contribution in [0.4, 0.5) is 27.8 Å². The topological polar surface area (TPSA) is 54.2 Å². The molecular weight excluding hydrogens is 381 g/mol. The van der Waals surface area contributed by atoms with Crippen molar-refractivity contribution in [2.45, 2.75) is 18.6 Å². The Labute approximate surface area is 156 Å². The molecule has 2 atom stereocenters. The summed E-state index contributed by atoms with van der Waals surface area (Å²) in [6.07, 6.45) is -4.17. The molecule has 0 aromatic carbocycles. The van der Waals surface area contributed by atoms with E-state index >= 15 is 0 Å². The highest BCUT2D eigenvalue weighted by molar-refractivity contribution is 5.62. The Hall–Kier alpha value is -2.75. The van der Waals surface area contributed by atoms with E-state index in [1.165, 1.54) is 28.9 Å². The molecule has 148 valence electrons. The molecule has 4 heterocycles. The van der Waals surface area contributed by atoms with Crippen molar-refractivity contribution in [2.24, 2.45) is 5.92 Å². The maximum atomic E-state index is 13.1. The van der Waals surface area contributed by atoms with Crippen molar-refractivity contribution in [2.75, 3.05) is 18.4 Å².